The van der Waals surface area contributed by atoms with Gasteiger partial charge in [0.25, 0.3) is 5.91 Å². The van der Waals surface area contributed by atoms with Gasteiger partial charge < -0.3 is 14.5 Å². The molecule has 2 aliphatic heterocycles. The van der Waals surface area contributed by atoms with Crippen molar-refractivity contribution in [2.24, 2.45) is 5.92 Å². The molecule has 2 aliphatic rings. The Kier molecular flexibility index (Phi) is 6.79. The Labute approximate surface area is 200 Å². The Balaban J connectivity index is 1.14. The third-order valence-corrected chi connectivity index (χ3v) is 7.05. The van der Waals surface area contributed by atoms with Crippen molar-refractivity contribution in [2.45, 2.75) is 38.5 Å². The zero-order chi connectivity index (χ0) is 23.3. The number of aromatic amines is 1. The lowest BCUT2D eigenvalue weighted by Crippen LogP contribution is -2.32. The molecular weight excluding hydrogens is 428 g/mol. The number of benzene rings is 2. The number of hydrogen-bond acceptors (Lipinski definition) is 4. The molecule has 0 saturated carbocycles. The van der Waals surface area contributed by atoms with E-state index >= 15 is 0 Å². The molecule has 0 radical (unpaired) electrons. The van der Waals surface area contributed by atoms with Crippen molar-refractivity contribution in [3.05, 3.63) is 59.8 Å². The topological polar surface area (TPSA) is 78.5 Å². The molecule has 7 nitrogen and oxygen atoms in total. The van der Waals surface area contributed by atoms with Crippen LogP contribution in [-0.2, 0) is 11.2 Å². The fourth-order valence-corrected chi connectivity index (χ4v) is 5.14. The molecule has 34 heavy (non-hydrogen) atoms. The number of nitrogens with one attached hydrogen (secondary N) is 1. The normalized spacial score (nSPS) is 18.9. The number of ether oxygens (including phenoxy) is 1. The van der Waals surface area contributed by atoms with Gasteiger partial charge >= 0.3 is 0 Å². The van der Waals surface area contributed by atoms with Crippen molar-refractivity contribution in [3.63, 3.8) is 0 Å². The summed E-state index contributed by atoms with van der Waals surface area (Å²) in [6.07, 6.45) is 7.63. The number of fused-ring (bicyclic) bond motifs is 1. The predicted octanol–water partition coefficient (Wildman–Crippen LogP) is 4.05. The van der Waals surface area contributed by atoms with Crippen LogP contribution in [0.2, 0.25) is 0 Å². The lowest BCUT2D eigenvalue weighted by atomic mass is 9.92. The first-order valence-corrected chi connectivity index (χ1v) is 12.4. The summed E-state index contributed by atoms with van der Waals surface area (Å²) in [4.78, 5) is 28.8. The second-order valence-corrected chi connectivity index (χ2v) is 9.45. The number of nitrogens with zero attached hydrogens (tertiary/aromatic N) is 3. The summed E-state index contributed by atoms with van der Waals surface area (Å²) in [5, 5.41) is 8.27. The van der Waals surface area contributed by atoms with Crippen LogP contribution in [0.5, 0.6) is 5.75 Å². The van der Waals surface area contributed by atoms with Crippen molar-refractivity contribution in [3.8, 4) is 5.75 Å². The summed E-state index contributed by atoms with van der Waals surface area (Å²) in [6.45, 7) is 3.42. The highest BCUT2D eigenvalue weighted by molar-refractivity contribution is 5.94. The minimum Gasteiger partial charge on any atom is -0.492 e. The van der Waals surface area contributed by atoms with E-state index in [1.807, 2.05) is 40.3 Å². The molecule has 1 unspecified atom stereocenters. The number of aromatic nitrogens is 2. The Hall–Kier alpha value is -3.35. The molecule has 3 heterocycles. The van der Waals surface area contributed by atoms with Crippen molar-refractivity contribution in [2.75, 3.05) is 32.8 Å². The van der Waals surface area contributed by atoms with Crippen molar-refractivity contribution < 1.29 is 14.3 Å². The van der Waals surface area contributed by atoms with E-state index < -0.39 is 0 Å². The second-order valence-electron chi connectivity index (χ2n) is 9.45. The molecule has 1 N–H and O–H groups in total. The summed E-state index contributed by atoms with van der Waals surface area (Å²) < 4.78 is 5.86. The van der Waals surface area contributed by atoms with Gasteiger partial charge in [0.05, 0.1) is 18.3 Å². The smallest absolute Gasteiger partial charge is 0.253 e. The number of rotatable bonds is 7. The summed E-state index contributed by atoms with van der Waals surface area (Å²) in [5.74, 6) is 1.53. The summed E-state index contributed by atoms with van der Waals surface area (Å²) >= 11 is 0. The average Bonchev–Trinajstić information content (AvgIpc) is 3.42. The molecule has 0 aliphatic carbocycles. The molecule has 0 spiro atoms. The van der Waals surface area contributed by atoms with Crippen molar-refractivity contribution >= 4 is 22.7 Å². The first-order chi connectivity index (χ1) is 16.7. The molecule has 1 aromatic heterocycles. The number of likely N-dealkylation sites (tertiary alicyclic amines) is 2. The van der Waals surface area contributed by atoms with Crippen molar-refractivity contribution in [1.82, 2.24) is 20.0 Å². The summed E-state index contributed by atoms with van der Waals surface area (Å²) in [6, 6.07) is 13.9. The summed E-state index contributed by atoms with van der Waals surface area (Å²) in [5.41, 5.74) is 3.06. The molecule has 2 amide bonds. The van der Waals surface area contributed by atoms with Gasteiger partial charge in [0.15, 0.2) is 0 Å². The van der Waals surface area contributed by atoms with E-state index in [4.69, 9.17) is 4.74 Å². The van der Waals surface area contributed by atoms with Gasteiger partial charge in [-0.1, -0.05) is 12.1 Å². The van der Waals surface area contributed by atoms with Crippen LogP contribution in [0.25, 0.3) is 10.9 Å². The third-order valence-electron chi connectivity index (χ3n) is 7.05. The lowest BCUT2D eigenvalue weighted by molar-refractivity contribution is -0.128. The number of hydrogen-bond donors (Lipinski definition) is 1. The SMILES string of the molecule is O=C1CCCN1CCOc1cccc(C(=O)N2CCCC(Cc3ccc4[nH]ncc4c3)CC2)c1. The monoisotopic (exact) mass is 460 g/mol. The van der Waals surface area contributed by atoms with E-state index in [1.54, 1.807) is 0 Å². The van der Waals surface area contributed by atoms with Gasteiger partial charge in [-0.25, -0.2) is 0 Å². The van der Waals surface area contributed by atoms with Crippen LogP contribution in [-0.4, -0.2) is 64.6 Å². The molecule has 1 atom stereocenters. The Morgan fingerprint density at radius 2 is 2.03 bits per heavy atom. The Bertz CT molecular complexity index is 1160. The number of amides is 2. The maximum Gasteiger partial charge on any atom is 0.253 e. The van der Waals surface area contributed by atoms with Crippen LogP contribution >= 0.6 is 0 Å². The van der Waals surface area contributed by atoms with E-state index in [0.717, 1.165) is 62.6 Å². The van der Waals surface area contributed by atoms with Crippen LogP contribution in [0.4, 0.5) is 0 Å². The molecule has 178 valence electrons. The van der Waals surface area contributed by atoms with E-state index in [2.05, 4.69) is 28.4 Å². The zero-order valence-electron chi connectivity index (χ0n) is 19.5. The minimum atomic E-state index is 0.0700. The predicted molar refractivity (Wildman–Crippen MR) is 131 cm³/mol. The lowest BCUT2D eigenvalue weighted by Gasteiger charge is -2.21. The first kappa shape index (κ1) is 22.4. The van der Waals surface area contributed by atoms with E-state index in [9.17, 15) is 9.59 Å². The fraction of sp³-hybridized carbons (Fsp3) is 0.444. The molecule has 5 rings (SSSR count). The molecule has 2 fully saturated rings. The van der Waals surface area contributed by atoms with Gasteiger partial charge in [0.1, 0.15) is 12.4 Å². The maximum absolute atomic E-state index is 13.2. The van der Waals surface area contributed by atoms with E-state index in [0.29, 0.717) is 36.8 Å². The van der Waals surface area contributed by atoms with Gasteiger partial charge in [-0.3, -0.25) is 14.7 Å². The summed E-state index contributed by atoms with van der Waals surface area (Å²) in [7, 11) is 0. The van der Waals surface area contributed by atoms with Crippen LogP contribution in [0.1, 0.15) is 48.0 Å². The average molecular weight is 461 g/mol. The van der Waals surface area contributed by atoms with E-state index in [1.165, 1.54) is 5.56 Å². The van der Waals surface area contributed by atoms with Crippen LogP contribution in [0, 0.1) is 5.92 Å². The number of carbonyl (C=O) groups excluding carboxylic acids is 2. The van der Waals surface area contributed by atoms with Crippen LogP contribution in [0.3, 0.4) is 0 Å². The van der Waals surface area contributed by atoms with Crippen molar-refractivity contribution in [1.29, 1.82) is 0 Å². The Morgan fingerprint density at radius 1 is 1.09 bits per heavy atom. The molecule has 0 bridgehead atoms. The highest BCUT2D eigenvalue weighted by Gasteiger charge is 2.23. The minimum absolute atomic E-state index is 0.0700. The van der Waals surface area contributed by atoms with Crippen LogP contribution in [0.15, 0.2) is 48.7 Å². The van der Waals surface area contributed by atoms with Gasteiger partial charge in [-0.05, 0) is 73.9 Å². The maximum atomic E-state index is 13.2. The Morgan fingerprint density at radius 3 is 2.91 bits per heavy atom. The first-order valence-electron chi connectivity index (χ1n) is 12.4. The zero-order valence-corrected chi connectivity index (χ0v) is 19.5. The molecule has 7 heteroatoms. The number of H-pyrrole nitrogens is 1. The molecular formula is C27H32N4O3. The molecule has 2 aromatic carbocycles. The molecule has 3 aromatic rings. The number of carbonyl (C=O) groups is 2. The van der Waals surface area contributed by atoms with E-state index in [-0.39, 0.29) is 11.8 Å². The highest BCUT2D eigenvalue weighted by atomic mass is 16.5. The highest BCUT2D eigenvalue weighted by Crippen LogP contribution is 2.25. The third kappa shape index (κ3) is 5.24. The largest absolute Gasteiger partial charge is 0.492 e. The van der Waals surface area contributed by atoms with Gasteiger partial charge in [-0.2, -0.15) is 5.10 Å². The fourth-order valence-electron chi connectivity index (χ4n) is 5.14. The quantitative estimate of drug-likeness (QED) is 0.577. The van der Waals surface area contributed by atoms with Crippen LogP contribution < -0.4 is 4.74 Å². The van der Waals surface area contributed by atoms with Gasteiger partial charge in [0, 0.05) is 37.0 Å². The second kappa shape index (κ2) is 10.3. The standard InChI is InChI=1S/C27H32N4O3/c32-26-7-3-11-30(26)14-15-34-24-6-1-5-22(18-24)27(33)31-12-2-4-20(10-13-31)16-21-8-9-25-23(17-21)19-28-29-25/h1,5-6,8-9,17-20H,2-4,7,10-16H2,(H,28,29). The van der Waals surface area contributed by atoms with Gasteiger partial charge in [0.2, 0.25) is 5.91 Å². The van der Waals surface area contributed by atoms with Gasteiger partial charge in [-0.15, -0.1) is 0 Å². The molecule has 2 saturated heterocycles.